The van der Waals surface area contributed by atoms with Gasteiger partial charge in [-0.15, -0.1) is 11.3 Å². The van der Waals surface area contributed by atoms with Crippen molar-refractivity contribution in [1.82, 2.24) is 0 Å². The molecule has 0 fully saturated rings. The van der Waals surface area contributed by atoms with Crippen LogP contribution in [0.5, 0.6) is 5.75 Å². The summed E-state index contributed by atoms with van der Waals surface area (Å²) in [6, 6.07) is 2.04. The Kier molecular flexibility index (Phi) is 6.38. The van der Waals surface area contributed by atoms with Crippen molar-refractivity contribution in [2.24, 2.45) is 0 Å². The summed E-state index contributed by atoms with van der Waals surface area (Å²) in [5, 5.41) is 4.12. The third-order valence-electron chi connectivity index (χ3n) is 2.49. The fraction of sp³-hybridized carbons (Fsp3) is 0.692. The smallest absolute Gasteiger partial charge is 0.129 e. The fourth-order valence-corrected chi connectivity index (χ4v) is 3.31. The van der Waals surface area contributed by atoms with Crippen molar-refractivity contribution >= 4 is 18.6 Å². The van der Waals surface area contributed by atoms with Gasteiger partial charge >= 0.3 is 0 Å². The molecule has 0 aromatic carbocycles. The van der Waals surface area contributed by atoms with Crippen molar-refractivity contribution in [1.29, 1.82) is 0 Å². The molecule has 0 saturated heterocycles. The number of thiophene rings is 1. The number of hydrogen-bond acceptors (Lipinski definition) is 2. The molecule has 0 aliphatic carbocycles. The highest BCUT2D eigenvalue weighted by atomic mass is 32.1. The van der Waals surface area contributed by atoms with Crippen molar-refractivity contribution in [3.05, 3.63) is 16.8 Å². The topological polar surface area (TPSA) is 9.23 Å². The maximum atomic E-state index is 5.61. The van der Waals surface area contributed by atoms with E-state index in [4.69, 9.17) is 4.74 Å². The lowest BCUT2D eigenvalue weighted by atomic mass is 10.2. The van der Waals surface area contributed by atoms with Crippen LogP contribution in [0.1, 0.15) is 25.7 Å². The predicted molar refractivity (Wildman–Crippen MR) is 77.8 cm³/mol. The van der Waals surface area contributed by atoms with Crippen molar-refractivity contribution in [3.63, 3.8) is 0 Å². The molecule has 0 bridgehead atoms. The number of unbranched alkanes of at least 4 members (excludes halogenated alkanes) is 3. The van der Waals surface area contributed by atoms with Crippen molar-refractivity contribution in [2.45, 2.75) is 25.7 Å². The molecular weight excluding hydrogens is 235 g/mol. The molecule has 1 rings (SSSR count). The number of hydrogen-bond donors (Lipinski definition) is 0. The third-order valence-corrected chi connectivity index (χ3v) is 4.81. The van der Waals surface area contributed by atoms with E-state index in [-0.39, 0.29) is 0 Å². The van der Waals surface area contributed by atoms with Crippen LogP contribution in [-0.4, -0.2) is 32.8 Å². The van der Waals surface area contributed by atoms with E-state index in [9.17, 15) is 0 Å². The minimum absolute atomic E-state index is 0.541. The van der Waals surface area contributed by atoms with Gasteiger partial charge in [0.1, 0.15) is 5.75 Å². The molecule has 3 heteroatoms. The summed E-state index contributed by atoms with van der Waals surface area (Å²) in [4.78, 5) is 0. The molecule has 92 valence electrons. The van der Waals surface area contributed by atoms with Gasteiger partial charge in [-0.2, -0.15) is 0 Å². The van der Waals surface area contributed by atoms with Gasteiger partial charge in [-0.05, 0) is 37.1 Å². The van der Waals surface area contributed by atoms with E-state index in [2.05, 4.69) is 30.8 Å². The zero-order chi connectivity index (χ0) is 11.9. The van der Waals surface area contributed by atoms with Gasteiger partial charge < -0.3 is 4.74 Å². The first-order chi connectivity index (χ1) is 7.58. The first-order valence-electron chi connectivity index (χ1n) is 6.03. The fourth-order valence-electron chi connectivity index (χ4n) is 1.57. The molecule has 0 N–H and O–H groups in total. The average molecular weight is 259 g/mol. The van der Waals surface area contributed by atoms with E-state index in [0.29, 0.717) is 0 Å². The Hall–Kier alpha value is -0.0700. The predicted octanol–water partition coefficient (Wildman–Crippen LogP) is 4.59. The Morgan fingerprint density at radius 1 is 1.12 bits per heavy atom. The van der Waals surface area contributed by atoms with Crippen LogP contribution in [0, 0.1) is 0 Å². The Labute approximate surface area is 105 Å². The molecule has 0 aliphatic heterocycles. The summed E-state index contributed by atoms with van der Waals surface area (Å²) < 4.78 is 5.61. The van der Waals surface area contributed by atoms with Gasteiger partial charge in [-0.3, -0.25) is 0 Å². The number of ether oxygens (including phenoxy) is 1. The summed E-state index contributed by atoms with van der Waals surface area (Å²) in [7, 11) is -0.541. The first kappa shape index (κ1) is 14.0. The van der Waals surface area contributed by atoms with Gasteiger partial charge in [0.25, 0.3) is 0 Å². The van der Waals surface area contributed by atoms with Crippen LogP contribution in [0.2, 0.25) is 0 Å². The summed E-state index contributed by atoms with van der Waals surface area (Å²) >= 11 is 1.69. The SMILES string of the molecule is C[P+](C)(C)CCCCCCOc1ccsc1. The van der Waals surface area contributed by atoms with E-state index < -0.39 is 7.26 Å². The number of rotatable bonds is 8. The van der Waals surface area contributed by atoms with Crippen LogP contribution >= 0.6 is 18.6 Å². The van der Waals surface area contributed by atoms with E-state index in [0.717, 1.165) is 12.4 Å². The third kappa shape index (κ3) is 7.24. The summed E-state index contributed by atoms with van der Waals surface area (Å²) in [6.45, 7) is 8.15. The zero-order valence-electron chi connectivity index (χ0n) is 10.7. The lowest BCUT2D eigenvalue weighted by Gasteiger charge is -2.11. The molecule has 1 aromatic heterocycles. The normalized spacial score (nSPS) is 11.7. The van der Waals surface area contributed by atoms with Gasteiger partial charge in [0, 0.05) is 32.6 Å². The van der Waals surface area contributed by atoms with Crippen molar-refractivity contribution in [2.75, 3.05) is 32.8 Å². The molecule has 16 heavy (non-hydrogen) atoms. The van der Waals surface area contributed by atoms with Gasteiger partial charge in [-0.25, -0.2) is 0 Å². The van der Waals surface area contributed by atoms with E-state index in [1.165, 1.54) is 31.8 Å². The standard InChI is InChI=1S/C13H24OPS/c1-15(2,3)10-7-5-4-6-9-14-13-8-11-16-12-13/h8,11-12H,4-7,9-10H2,1-3H3/q+1. The van der Waals surface area contributed by atoms with Gasteiger partial charge in [-0.1, -0.05) is 0 Å². The minimum atomic E-state index is -0.541. The molecule has 1 heterocycles. The highest BCUT2D eigenvalue weighted by Gasteiger charge is 2.15. The maximum absolute atomic E-state index is 5.61. The maximum Gasteiger partial charge on any atom is 0.129 e. The van der Waals surface area contributed by atoms with Crippen molar-refractivity contribution < 1.29 is 4.74 Å². The molecule has 1 aromatic rings. The molecule has 1 nitrogen and oxygen atoms in total. The molecule has 0 spiro atoms. The quantitative estimate of drug-likeness (QED) is 0.490. The second kappa shape index (κ2) is 7.29. The molecule has 0 saturated carbocycles. The van der Waals surface area contributed by atoms with Crippen LogP contribution in [0.4, 0.5) is 0 Å². The Balaban J connectivity index is 1.89. The van der Waals surface area contributed by atoms with E-state index in [1.807, 2.05) is 6.07 Å². The molecule has 0 radical (unpaired) electrons. The molecular formula is C13H24OPS+. The second-order valence-electron chi connectivity index (χ2n) is 5.24. The Bertz CT molecular complexity index is 264. The zero-order valence-corrected chi connectivity index (χ0v) is 12.4. The van der Waals surface area contributed by atoms with Crippen LogP contribution in [0.25, 0.3) is 0 Å². The van der Waals surface area contributed by atoms with E-state index >= 15 is 0 Å². The highest BCUT2D eigenvalue weighted by molar-refractivity contribution is 7.73. The molecule has 0 aliphatic rings. The van der Waals surface area contributed by atoms with Gasteiger partial charge in [0.15, 0.2) is 0 Å². The van der Waals surface area contributed by atoms with Crippen LogP contribution in [0.3, 0.4) is 0 Å². The Morgan fingerprint density at radius 3 is 2.50 bits per heavy atom. The summed E-state index contributed by atoms with van der Waals surface area (Å²) in [6.07, 6.45) is 6.71. The van der Waals surface area contributed by atoms with Crippen molar-refractivity contribution in [3.8, 4) is 5.75 Å². The first-order valence-corrected chi connectivity index (χ1v) is 10.3. The van der Waals surface area contributed by atoms with Crippen LogP contribution in [-0.2, 0) is 0 Å². The van der Waals surface area contributed by atoms with Gasteiger partial charge in [0.2, 0.25) is 0 Å². The van der Waals surface area contributed by atoms with Gasteiger partial charge in [0.05, 0.1) is 12.8 Å². The largest absolute Gasteiger partial charge is 0.493 e. The molecule has 0 amide bonds. The van der Waals surface area contributed by atoms with Crippen LogP contribution in [0.15, 0.2) is 16.8 Å². The highest BCUT2D eigenvalue weighted by Crippen LogP contribution is 2.47. The summed E-state index contributed by atoms with van der Waals surface area (Å²) in [5.41, 5.74) is 0. The second-order valence-corrected chi connectivity index (χ2v) is 11.0. The lowest BCUT2D eigenvalue weighted by Crippen LogP contribution is -1.97. The monoisotopic (exact) mass is 259 g/mol. The summed E-state index contributed by atoms with van der Waals surface area (Å²) in [5.74, 6) is 1.03. The Morgan fingerprint density at radius 2 is 1.88 bits per heavy atom. The minimum Gasteiger partial charge on any atom is -0.493 e. The van der Waals surface area contributed by atoms with E-state index in [1.54, 1.807) is 11.3 Å². The molecule has 0 unspecified atom stereocenters. The average Bonchev–Trinajstić information content (AvgIpc) is 2.67. The lowest BCUT2D eigenvalue weighted by molar-refractivity contribution is 0.306. The van der Waals surface area contributed by atoms with Crippen LogP contribution < -0.4 is 4.74 Å². The molecule has 0 atom stereocenters.